The van der Waals surface area contributed by atoms with Gasteiger partial charge in [-0.25, -0.2) is 4.79 Å². The van der Waals surface area contributed by atoms with Crippen LogP contribution in [0.4, 0.5) is 10.5 Å². The molecule has 9 nitrogen and oxygen atoms in total. The van der Waals surface area contributed by atoms with Gasteiger partial charge in [0.1, 0.15) is 29.2 Å². The van der Waals surface area contributed by atoms with Gasteiger partial charge < -0.3 is 30.1 Å². The Labute approximate surface area is 279 Å². The van der Waals surface area contributed by atoms with Crippen LogP contribution in [0.15, 0.2) is 79.4 Å². The third-order valence-corrected chi connectivity index (χ3v) is 7.60. The fourth-order valence-corrected chi connectivity index (χ4v) is 5.19. The standard InChI is InChI=1S/C38H49N3O6/c1-9-27-11-10-12-29(23-27)34(35(43)39-30-17-21-32(46-8)22-18-30)41(26(4)14-13-25(2)3)36(44)33(40-37(45)47-38(5,6)7)24-28-15-19-31(42)20-16-28/h9-12,15-23,25-26,33-34,42H,1,13-14,24H2,2-8H3,(H,39,43)(H,40,45). The van der Waals surface area contributed by atoms with Crippen LogP contribution < -0.4 is 15.4 Å². The number of carbonyl (C=O) groups excluding carboxylic acids is 3. The molecule has 3 rings (SSSR count). The number of alkyl carbamates (subject to hydrolysis) is 1. The van der Waals surface area contributed by atoms with Crippen molar-refractivity contribution in [2.45, 2.75) is 84.5 Å². The van der Waals surface area contributed by atoms with E-state index in [-0.39, 0.29) is 12.2 Å². The number of hydrogen-bond donors (Lipinski definition) is 3. The van der Waals surface area contributed by atoms with Gasteiger partial charge in [0, 0.05) is 18.2 Å². The highest BCUT2D eigenvalue weighted by Crippen LogP contribution is 2.30. The number of nitrogens with one attached hydrogen (secondary N) is 2. The largest absolute Gasteiger partial charge is 0.508 e. The monoisotopic (exact) mass is 643 g/mol. The molecular formula is C38H49N3O6. The normalized spacial score (nSPS) is 13.2. The molecule has 0 aliphatic carbocycles. The number of aromatic hydroxyl groups is 1. The Morgan fingerprint density at radius 1 is 0.957 bits per heavy atom. The SMILES string of the molecule is C=Cc1cccc(C(C(=O)Nc2ccc(OC)cc2)N(C(=O)C(Cc2ccc(O)cc2)NC(=O)OC(C)(C)C)C(C)CCC(C)C)c1. The minimum atomic E-state index is -1.09. The van der Waals surface area contributed by atoms with Gasteiger partial charge in [-0.1, -0.05) is 56.8 Å². The van der Waals surface area contributed by atoms with Crippen molar-refractivity contribution in [1.82, 2.24) is 10.2 Å². The maximum absolute atomic E-state index is 14.9. The number of methoxy groups -OCH3 is 1. The lowest BCUT2D eigenvalue weighted by Crippen LogP contribution is -2.55. The summed E-state index contributed by atoms with van der Waals surface area (Å²) in [6.45, 7) is 15.3. The molecule has 3 unspecified atom stereocenters. The van der Waals surface area contributed by atoms with Crippen LogP contribution in [0.2, 0.25) is 0 Å². The third-order valence-electron chi connectivity index (χ3n) is 7.60. The summed E-state index contributed by atoms with van der Waals surface area (Å²) in [5.74, 6) is 0.222. The summed E-state index contributed by atoms with van der Waals surface area (Å²) in [7, 11) is 1.57. The zero-order valence-corrected chi connectivity index (χ0v) is 28.6. The van der Waals surface area contributed by atoms with E-state index < -0.39 is 41.6 Å². The van der Waals surface area contributed by atoms with Crippen LogP contribution >= 0.6 is 0 Å². The zero-order valence-electron chi connectivity index (χ0n) is 28.6. The number of benzene rings is 3. The lowest BCUT2D eigenvalue weighted by atomic mass is 9.95. The minimum Gasteiger partial charge on any atom is -0.508 e. The molecule has 0 spiro atoms. The minimum absolute atomic E-state index is 0.0815. The maximum atomic E-state index is 14.9. The van der Waals surface area contributed by atoms with Crippen LogP contribution in [-0.2, 0) is 20.7 Å². The molecule has 0 heterocycles. The molecule has 0 aliphatic rings. The topological polar surface area (TPSA) is 117 Å². The number of carbonyl (C=O) groups is 3. The van der Waals surface area contributed by atoms with Crippen LogP contribution in [0.5, 0.6) is 11.5 Å². The van der Waals surface area contributed by atoms with Crippen molar-refractivity contribution in [3.8, 4) is 11.5 Å². The predicted octanol–water partition coefficient (Wildman–Crippen LogP) is 7.51. The Morgan fingerprint density at radius 2 is 1.62 bits per heavy atom. The Kier molecular flexibility index (Phi) is 13.0. The van der Waals surface area contributed by atoms with E-state index in [1.807, 2.05) is 31.2 Å². The molecular weight excluding hydrogens is 594 g/mol. The summed E-state index contributed by atoms with van der Waals surface area (Å²) in [6, 6.07) is 18.2. The van der Waals surface area contributed by atoms with Gasteiger partial charge in [0.15, 0.2) is 0 Å². The maximum Gasteiger partial charge on any atom is 0.408 e. The number of ether oxygens (including phenoxy) is 2. The molecule has 0 saturated carbocycles. The molecule has 0 bridgehead atoms. The van der Waals surface area contributed by atoms with E-state index in [9.17, 15) is 19.5 Å². The van der Waals surface area contributed by atoms with Gasteiger partial charge in [-0.05, 0) is 106 Å². The number of phenolic OH excluding ortho intramolecular Hbond substituents is 1. The number of amides is 3. The van der Waals surface area contributed by atoms with Gasteiger partial charge in [0.2, 0.25) is 5.91 Å². The Bertz CT molecular complexity index is 1500. The van der Waals surface area contributed by atoms with E-state index in [0.29, 0.717) is 34.9 Å². The number of hydrogen-bond acceptors (Lipinski definition) is 6. The summed E-state index contributed by atoms with van der Waals surface area (Å²) in [6.07, 6.45) is 2.47. The van der Waals surface area contributed by atoms with Crippen molar-refractivity contribution in [3.05, 3.63) is 96.1 Å². The molecule has 3 N–H and O–H groups in total. The Balaban J connectivity index is 2.15. The van der Waals surface area contributed by atoms with E-state index in [0.717, 1.165) is 12.0 Å². The first kappa shape index (κ1) is 36.7. The fraction of sp³-hybridized carbons (Fsp3) is 0.395. The lowest BCUT2D eigenvalue weighted by Gasteiger charge is -2.39. The molecule has 3 aromatic rings. The van der Waals surface area contributed by atoms with Crippen molar-refractivity contribution < 1.29 is 29.0 Å². The highest BCUT2D eigenvalue weighted by atomic mass is 16.6. The van der Waals surface area contributed by atoms with Crippen LogP contribution in [0, 0.1) is 5.92 Å². The second-order valence-corrected chi connectivity index (χ2v) is 13.1. The van der Waals surface area contributed by atoms with Gasteiger partial charge in [-0.3, -0.25) is 9.59 Å². The van der Waals surface area contributed by atoms with Crippen molar-refractivity contribution in [3.63, 3.8) is 0 Å². The molecule has 0 radical (unpaired) electrons. The average molecular weight is 644 g/mol. The van der Waals surface area contributed by atoms with Crippen molar-refractivity contribution in [2.75, 3.05) is 12.4 Å². The molecule has 9 heteroatoms. The number of rotatable bonds is 14. The Hall–Kier alpha value is -4.79. The summed E-state index contributed by atoms with van der Waals surface area (Å²) >= 11 is 0. The van der Waals surface area contributed by atoms with Crippen LogP contribution in [0.3, 0.4) is 0 Å². The van der Waals surface area contributed by atoms with Gasteiger partial charge in [-0.15, -0.1) is 0 Å². The van der Waals surface area contributed by atoms with Crippen LogP contribution in [0.1, 0.15) is 77.1 Å². The molecule has 252 valence electrons. The average Bonchev–Trinajstić information content (AvgIpc) is 3.02. The molecule has 3 atom stereocenters. The van der Waals surface area contributed by atoms with Gasteiger partial charge in [0.05, 0.1) is 7.11 Å². The summed E-state index contributed by atoms with van der Waals surface area (Å²) < 4.78 is 10.8. The molecule has 3 aromatic carbocycles. The molecule has 3 amide bonds. The second-order valence-electron chi connectivity index (χ2n) is 13.1. The third kappa shape index (κ3) is 11.2. The first-order valence-corrected chi connectivity index (χ1v) is 16.0. The van der Waals surface area contributed by atoms with Crippen LogP contribution in [-0.4, -0.2) is 52.7 Å². The first-order valence-electron chi connectivity index (χ1n) is 16.0. The van der Waals surface area contributed by atoms with Crippen molar-refractivity contribution >= 4 is 29.7 Å². The molecule has 0 aromatic heterocycles. The summed E-state index contributed by atoms with van der Waals surface area (Å²) in [5, 5.41) is 15.7. The van der Waals surface area contributed by atoms with Crippen molar-refractivity contribution in [1.29, 1.82) is 0 Å². The fourth-order valence-electron chi connectivity index (χ4n) is 5.19. The highest BCUT2D eigenvalue weighted by molar-refractivity contribution is 5.99. The lowest BCUT2D eigenvalue weighted by molar-refractivity contribution is -0.143. The van der Waals surface area contributed by atoms with Gasteiger partial charge >= 0.3 is 6.09 Å². The van der Waals surface area contributed by atoms with E-state index in [1.54, 1.807) is 75.3 Å². The van der Waals surface area contributed by atoms with Gasteiger partial charge in [-0.2, -0.15) is 0 Å². The van der Waals surface area contributed by atoms with E-state index in [1.165, 1.54) is 12.1 Å². The second kappa shape index (κ2) is 16.7. The highest BCUT2D eigenvalue weighted by Gasteiger charge is 2.39. The quantitative estimate of drug-likeness (QED) is 0.167. The zero-order chi connectivity index (χ0) is 34.7. The number of nitrogens with zero attached hydrogens (tertiary/aromatic N) is 1. The van der Waals surface area contributed by atoms with E-state index in [2.05, 4.69) is 31.1 Å². The number of anilines is 1. The smallest absolute Gasteiger partial charge is 0.408 e. The predicted molar refractivity (Wildman–Crippen MR) is 186 cm³/mol. The molecule has 0 aliphatic heterocycles. The summed E-state index contributed by atoms with van der Waals surface area (Å²) in [5.41, 5.74) is 1.83. The molecule has 47 heavy (non-hydrogen) atoms. The molecule has 0 fully saturated rings. The van der Waals surface area contributed by atoms with Gasteiger partial charge in [0.25, 0.3) is 5.91 Å². The number of phenols is 1. The Morgan fingerprint density at radius 3 is 2.19 bits per heavy atom. The van der Waals surface area contributed by atoms with E-state index in [4.69, 9.17) is 9.47 Å². The van der Waals surface area contributed by atoms with Crippen molar-refractivity contribution in [2.24, 2.45) is 5.92 Å². The first-order chi connectivity index (χ1) is 22.2. The summed E-state index contributed by atoms with van der Waals surface area (Å²) in [4.78, 5) is 44.0. The molecule has 0 saturated heterocycles. The van der Waals surface area contributed by atoms with Crippen LogP contribution in [0.25, 0.3) is 6.08 Å². The van der Waals surface area contributed by atoms with E-state index >= 15 is 0 Å².